The van der Waals surface area contributed by atoms with Crippen LogP contribution in [0.15, 0.2) is 0 Å². The van der Waals surface area contributed by atoms with E-state index in [9.17, 15) is 9.59 Å². The summed E-state index contributed by atoms with van der Waals surface area (Å²) in [6.45, 7) is 7.33. The topological polar surface area (TPSA) is 71.1 Å². The minimum Gasteiger partial charge on any atom is -0.383 e. The molecule has 24 heavy (non-hydrogen) atoms. The SMILES string of the molecule is CCC1CN(C(=O)N2CCOCC2)CCC1CC(=O)NCCOC. The first-order chi connectivity index (χ1) is 11.7. The van der Waals surface area contributed by atoms with E-state index in [1.807, 2.05) is 9.80 Å². The highest BCUT2D eigenvalue weighted by Gasteiger charge is 2.33. The van der Waals surface area contributed by atoms with Crippen LogP contribution in [-0.2, 0) is 14.3 Å². The van der Waals surface area contributed by atoms with Crippen molar-refractivity contribution in [3.63, 3.8) is 0 Å². The number of amides is 3. The molecule has 0 aromatic heterocycles. The highest BCUT2D eigenvalue weighted by molar-refractivity contribution is 5.76. The maximum absolute atomic E-state index is 12.6. The summed E-state index contributed by atoms with van der Waals surface area (Å²) in [6.07, 6.45) is 2.43. The van der Waals surface area contributed by atoms with Crippen molar-refractivity contribution in [2.75, 3.05) is 59.7 Å². The zero-order valence-corrected chi connectivity index (χ0v) is 15.0. The van der Waals surface area contributed by atoms with Gasteiger partial charge in [-0.1, -0.05) is 13.3 Å². The van der Waals surface area contributed by atoms with E-state index < -0.39 is 0 Å². The summed E-state index contributed by atoms with van der Waals surface area (Å²) in [5.74, 6) is 0.826. The summed E-state index contributed by atoms with van der Waals surface area (Å²) in [6, 6.07) is 0.125. The maximum atomic E-state index is 12.6. The van der Waals surface area contributed by atoms with Crippen molar-refractivity contribution in [3.05, 3.63) is 0 Å². The molecule has 2 atom stereocenters. The Labute approximate surface area is 144 Å². The van der Waals surface area contributed by atoms with Gasteiger partial charge in [0, 0.05) is 46.3 Å². The first-order valence-electron chi connectivity index (χ1n) is 9.03. The summed E-state index contributed by atoms with van der Waals surface area (Å²) in [7, 11) is 1.63. The van der Waals surface area contributed by atoms with Gasteiger partial charge in [-0.3, -0.25) is 4.79 Å². The van der Waals surface area contributed by atoms with Gasteiger partial charge in [-0.05, 0) is 18.3 Å². The van der Waals surface area contributed by atoms with E-state index in [0.29, 0.717) is 57.7 Å². The van der Waals surface area contributed by atoms with E-state index in [0.717, 1.165) is 25.9 Å². The lowest BCUT2D eigenvalue weighted by Crippen LogP contribution is -2.52. The van der Waals surface area contributed by atoms with Crippen molar-refractivity contribution in [1.29, 1.82) is 0 Å². The standard InChI is InChI=1S/C17H31N3O4/c1-3-14-13-20(17(22)19-7-10-24-11-8-19)6-4-15(14)12-16(21)18-5-9-23-2/h14-15H,3-13H2,1-2H3,(H,18,21). The van der Waals surface area contributed by atoms with Crippen molar-refractivity contribution in [1.82, 2.24) is 15.1 Å². The third-order valence-corrected chi connectivity index (χ3v) is 5.04. The normalized spacial score (nSPS) is 24.8. The summed E-state index contributed by atoms with van der Waals surface area (Å²) in [5.41, 5.74) is 0. The number of piperidine rings is 1. The molecule has 2 aliphatic rings. The lowest BCUT2D eigenvalue weighted by molar-refractivity contribution is -0.123. The molecule has 2 fully saturated rings. The lowest BCUT2D eigenvalue weighted by Gasteiger charge is -2.41. The Morgan fingerprint density at radius 2 is 1.92 bits per heavy atom. The number of hydrogen-bond acceptors (Lipinski definition) is 4. The van der Waals surface area contributed by atoms with E-state index in [2.05, 4.69) is 12.2 Å². The van der Waals surface area contributed by atoms with E-state index in [1.54, 1.807) is 7.11 Å². The maximum Gasteiger partial charge on any atom is 0.320 e. The lowest BCUT2D eigenvalue weighted by atomic mass is 9.81. The molecular formula is C17H31N3O4. The summed E-state index contributed by atoms with van der Waals surface area (Å²) < 4.78 is 10.3. The average Bonchev–Trinajstić information content (AvgIpc) is 2.62. The zero-order valence-electron chi connectivity index (χ0n) is 15.0. The van der Waals surface area contributed by atoms with Crippen molar-refractivity contribution < 1.29 is 19.1 Å². The van der Waals surface area contributed by atoms with Gasteiger partial charge >= 0.3 is 6.03 Å². The molecule has 7 nitrogen and oxygen atoms in total. The number of carbonyl (C=O) groups is 2. The quantitative estimate of drug-likeness (QED) is 0.730. The van der Waals surface area contributed by atoms with Gasteiger partial charge in [0.05, 0.1) is 19.8 Å². The molecule has 2 heterocycles. The molecule has 0 aromatic carbocycles. The Kier molecular flexibility index (Phi) is 7.78. The molecule has 0 bridgehead atoms. The van der Waals surface area contributed by atoms with E-state index in [1.165, 1.54) is 0 Å². The number of methoxy groups -OCH3 is 1. The van der Waals surface area contributed by atoms with Crippen LogP contribution >= 0.6 is 0 Å². The van der Waals surface area contributed by atoms with E-state index in [4.69, 9.17) is 9.47 Å². The Morgan fingerprint density at radius 3 is 2.58 bits per heavy atom. The van der Waals surface area contributed by atoms with Gasteiger partial charge in [0.2, 0.25) is 5.91 Å². The molecule has 0 aliphatic carbocycles. The van der Waals surface area contributed by atoms with Gasteiger partial charge in [0.25, 0.3) is 0 Å². The molecule has 3 amide bonds. The summed E-state index contributed by atoms with van der Waals surface area (Å²) in [4.78, 5) is 28.5. The molecule has 1 N–H and O–H groups in total. The number of rotatable bonds is 6. The molecule has 0 spiro atoms. The number of likely N-dealkylation sites (tertiary alicyclic amines) is 1. The van der Waals surface area contributed by atoms with Crippen molar-refractivity contribution in [2.24, 2.45) is 11.8 Å². The molecule has 138 valence electrons. The van der Waals surface area contributed by atoms with Crippen LogP contribution in [0, 0.1) is 11.8 Å². The molecule has 0 saturated carbocycles. The number of ether oxygens (including phenoxy) is 2. The molecular weight excluding hydrogens is 310 g/mol. The number of hydrogen-bond donors (Lipinski definition) is 1. The Hall–Kier alpha value is -1.34. The van der Waals surface area contributed by atoms with E-state index >= 15 is 0 Å². The molecule has 0 radical (unpaired) electrons. The summed E-state index contributed by atoms with van der Waals surface area (Å²) in [5, 5.41) is 2.89. The number of urea groups is 1. The first-order valence-corrected chi connectivity index (χ1v) is 9.03. The molecule has 2 unspecified atom stereocenters. The van der Waals surface area contributed by atoms with Gasteiger partial charge in [-0.15, -0.1) is 0 Å². The van der Waals surface area contributed by atoms with Crippen LogP contribution in [0.5, 0.6) is 0 Å². The minimum atomic E-state index is 0.0865. The van der Waals surface area contributed by atoms with Gasteiger partial charge in [-0.25, -0.2) is 4.79 Å². The van der Waals surface area contributed by atoms with Crippen molar-refractivity contribution in [3.8, 4) is 0 Å². The predicted molar refractivity (Wildman–Crippen MR) is 90.8 cm³/mol. The fraction of sp³-hybridized carbons (Fsp3) is 0.882. The number of nitrogens with zero attached hydrogens (tertiary/aromatic N) is 2. The number of carbonyl (C=O) groups excluding carboxylic acids is 2. The van der Waals surface area contributed by atoms with Gasteiger partial charge < -0.3 is 24.6 Å². The Bertz CT molecular complexity index is 413. The number of nitrogens with one attached hydrogen (secondary N) is 1. The van der Waals surface area contributed by atoms with Crippen LogP contribution in [0.4, 0.5) is 4.79 Å². The Morgan fingerprint density at radius 1 is 1.17 bits per heavy atom. The highest BCUT2D eigenvalue weighted by Crippen LogP contribution is 2.29. The largest absolute Gasteiger partial charge is 0.383 e. The van der Waals surface area contributed by atoms with Crippen molar-refractivity contribution in [2.45, 2.75) is 26.2 Å². The minimum absolute atomic E-state index is 0.0865. The highest BCUT2D eigenvalue weighted by atomic mass is 16.5. The summed E-state index contributed by atoms with van der Waals surface area (Å²) >= 11 is 0. The monoisotopic (exact) mass is 341 g/mol. The molecule has 2 aliphatic heterocycles. The van der Waals surface area contributed by atoms with Crippen LogP contribution in [0.25, 0.3) is 0 Å². The molecule has 2 saturated heterocycles. The van der Waals surface area contributed by atoms with Gasteiger partial charge in [-0.2, -0.15) is 0 Å². The molecule has 7 heteroatoms. The first kappa shape index (κ1) is 19.0. The second kappa shape index (κ2) is 9.84. The fourth-order valence-corrected chi connectivity index (χ4v) is 3.54. The van der Waals surface area contributed by atoms with Crippen LogP contribution in [0.3, 0.4) is 0 Å². The third kappa shape index (κ3) is 5.34. The van der Waals surface area contributed by atoms with Crippen LogP contribution in [0.1, 0.15) is 26.2 Å². The van der Waals surface area contributed by atoms with E-state index in [-0.39, 0.29) is 11.9 Å². The fourth-order valence-electron chi connectivity index (χ4n) is 3.54. The van der Waals surface area contributed by atoms with Crippen LogP contribution in [-0.4, -0.2) is 81.4 Å². The van der Waals surface area contributed by atoms with Crippen LogP contribution in [0.2, 0.25) is 0 Å². The smallest absolute Gasteiger partial charge is 0.320 e. The second-order valence-corrected chi connectivity index (χ2v) is 6.59. The van der Waals surface area contributed by atoms with Crippen molar-refractivity contribution >= 4 is 11.9 Å². The second-order valence-electron chi connectivity index (χ2n) is 6.59. The number of morpholine rings is 1. The molecule has 2 rings (SSSR count). The average molecular weight is 341 g/mol. The Balaban J connectivity index is 1.81. The van der Waals surface area contributed by atoms with Crippen LogP contribution < -0.4 is 5.32 Å². The van der Waals surface area contributed by atoms with Gasteiger partial charge in [0.1, 0.15) is 0 Å². The molecule has 0 aromatic rings. The predicted octanol–water partition coefficient (Wildman–Crippen LogP) is 0.939. The van der Waals surface area contributed by atoms with Gasteiger partial charge in [0.15, 0.2) is 0 Å². The zero-order chi connectivity index (χ0) is 17.4. The third-order valence-electron chi connectivity index (χ3n) is 5.04.